The lowest BCUT2D eigenvalue weighted by Crippen LogP contribution is -2.60. The van der Waals surface area contributed by atoms with Gasteiger partial charge in [0.15, 0.2) is 11.2 Å². The number of carbonyl (C=O) groups is 1. The van der Waals surface area contributed by atoms with Crippen molar-refractivity contribution < 1.29 is 18.6 Å². The maximum absolute atomic E-state index is 13.2. The number of H-pyrrole nitrogens is 1. The Labute approximate surface area is 336 Å². The van der Waals surface area contributed by atoms with Crippen LogP contribution in [0.15, 0.2) is 96.1 Å². The molecule has 2 aromatic carbocycles. The van der Waals surface area contributed by atoms with Crippen LogP contribution in [0.1, 0.15) is 85.1 Å². The summed E-state index contributed by atoms with van der Waals surface area (Å²) in [5, 5.41) is 16.3. The van der Waals surface area contributed by atoms with Crippen LogP contribution in [0.3, 0.4) is 0 Å². The summed E-state index contributed by atoms with van der Waals surface area (Å²) in [6, 6.07) is 23.2. The lowest BCUT2D eigenvalue weighted by Gasteiger charge is -2.51. The van der Waals surface area contributed by atoms with E-state index in [-0.39, 0.29) is 61.1 Å². The van der Waals surface area contributed by atoms with Gasteiger partial charge in [-0.25, -0.2) is 9.65 Å². The number of hydrogen-bond acceptors (Lipinski definition) is 10. The maximum Gasteiger partial charge on any atom is 0.280 e. The third-order valence-corrected chi connectivity index (χ3v) is 12.8. The van der Waals surface area contributed by atoms with Crippen molar-refractivity contribution in [3.05, 3.63) is 113 Å². The highest BCUT2D eigenvalue weighted by Crippen LogP contribution is 2.52. The molecule has 3 unspecified atom stereocenters. The van der Waals surface area contributed by atoms with E-state index in [0.29, 0.717) is 12.1 Å². The lowest BCUT2D eigenvalue weighted by molar-refractivity contribution is -0.118. The summed E-state index contributed by atoms with van der Waals surface area (Å²) < 4.78 is 24.0. The monoisotopic (exact) mass is 794 g/mol. The van der Waals surface area contributed by atoms with Crippen LogP contribution in [-0.4, -0.2) is 67.5 Å². The number of imidazole rings is 1. The minimum absolute atomic E-state index is 0.0420. The summed E-state index contributed by atoms with van der Waals surface area (Å²) in [4.78, 5) is 37.6. The van der Waals surface area contributed by atoms with Crippen LogP contribution in [0.5, 0.6) is 0 Å². The van der Waals surface area contributed by atoms with E-state index in [1.54, 1.807) is 24.7 Å². The number of allylic oxidation sites excluding steroid dienone is 3. The third kappa shape index (κ3) is 8.97. The predicted octanol–water partition coefficient (Wildman–Crippen LogP) is 7.72. The molecular weight excluding hydrogens is 739 g/mol. The Morgan fingerprint density at radius 2 is 1.74 bits per heavy atom. The van der Waals surface area contributed by atoms with Crippen LogP contribution in [0.2, 0.25) is 0 Å². The van der Waals surface area contributed by atoms with Crippen LogP contribution in [-0.2, 0) is 24.1 Å². The minimum Gasteiger partial charge on any atom is -0.351 e. The molecule has 4 aromatic rings. The van der Waals surface area contributed by atoms with E-state index in [1.165, 1.54) is 0 Å². The first-order valence-corrected chi connectivity index (χ1v) is 20.9. The molecular formula is C43H55N8O5P. The fraction of sp³-hybridized carbons (Fsp3) is 0.465. The second-order valence-corrected chi connectivity index (χ2v) is 17.2. The predicted molar refractivity (Wildman–Crippen MR) is 223 cm³/mol. The number of anilines is 1. The van der Waals surface area contributed by atoms with Crippen LogP contribution in [0.25, 0.3) is 11.2 Å². The second kappa shape index (κ2) is 18.4. The zero-order valence-electron chi connectivity index (χ0n) is 33.9. The van der Waals surface area contributed by atoms with Crippen molar-refractivity contribution in [1.82, 2.24) is 29.5 Å². The first-order chi connectivity index (χ1) is 27.4. The van der Waals surface area contributed by atoms with Gasteiger partial charge in [0.1, 0.15) is 6.23 Å². The highest BCUT2D eigenvalue weighted by Gasteiger charge is 2.52. The lowest BCUT2D eigenvalue weighted by atomic mass is 9.60. The van der Waals surface area contributed by atoms with Gasteiger partial charge in [0.2, 0.25) is 11.9 Å². The number of rotatable bonds is 17. The van der Waals surface area contributed by atoms with Gasteiger partial charge in [-0.3, -0.25) is 29.8 Å². The van der Waals surface area contributed by atoms with E-state index >= 15 is 0 Å². The summed E-state index contributed by atoms with van der Waals surface area (Å²) in [7, 11) is -1.57. The van der Waals surface area contributed by atoms with Crippen LogP contribution >= 0.6 is 8.53 Å². The molecule has 0 spiro atoms. The van der Waals surface area contributed by atoms with Crippen molar-refractivity contribution in [3.8, 4) is 6.07 Å². The van der Waals surface area contributed by atoms with Gasteiger partial charge in [0, 0.05) is 35.9 Å². The third-order valence-electron chi connectivity index (χ3n) is 10.7. The van der Waals surface area contributed by atoms with Crippen LogP contribution in [0.4, 0.5) is 5.95 Å². The Morgan fingerprint density at radius 1 is 1.07 bits per heavy atom. The summed E-state index contributed by atoms with van der Waals surface area (Å²) in [6.45, 7) is 14.7. The van der Waals surface area contributed by atoms with E-state index in [9.17, 15) is 14.9 Å². The molecule has 1 amide bonds. The summed E-state index contributed by atoms with van der Waals surface area (Å²) in [6.07, 6.45) is 10.6. The minimum atomic E-state index is -1.57. The van der Waals surface area contributed by atoms with E-state index in [1.807, 2.05) is 12.1 Å². The van der Waals surface area contributed by atoms with E-state index in [0.717, 1.165) is 17.5 Å². The number of ether oxygens (including phenoxy) is 1. The van der Waals surface area contributed by atoms with Crippen LogP contribution < -0.4 is 16.2 Å². The van der Waals surface area contributed by atoms with Gasteiger partial charge < -0.3 is 13.8 Å². The molecule has 5 atom stereocenters. The van der Waals surface area contributed by atoms with Crippen molar-refractivity contribution >= 4 is 31.5 Å². The van der Waals surface area contributed by atoms with Gasteiger partial charge in [-0.1, -0.05) is 106 Å². The Balaban J connectivity index is 1.45. The van der Waals surface area contributed by atoms with Crippen molar-refractivity contribution in [1.29, 1.82) is 5.26 Å². The van der Waals surface area contributed by atoms with Gasteiger partial charge in [-0.15, -0.1) is 0 Å². The Hall–Kier alpha value is -4.54. The summed E-state index contributed by atoms with van der Waals surface area (Å²) in [5.41, 5.74) is 0.995. The Morgan fingerprint density at radius 3 is 2.32 bits per heavy atom. The van der Waals surface area contributed by atoms with E-state index in [4.69, 9.17) is 13.8 Å². The molecule has 3 heterocycles. The largest absolute Gasteiger partial charge is 0.351 e. The van der Waals surface area contributed by atoms with E-state index < -0.39 is 37.4 Å². The number of fused-ring (bicyclic) bond motifs is 1. The van der Waals surface area contributed by atoms with Crippen LogP contribution in [0, 0.1) is 22.7 Å². The van der Waals surface area contributed by atoms with Gasteiger partial charge in [0.25, 0.3) is 14.1 Å². The molecule has 3 N–H and O–H groups in total. The number of nitrogens with one attached hydrogen (secondary N) is 3. The van der Waals surface area contributed by atoms with Crippen molar-refractivity contribution in [2.24, 2.45) is 11.3 Å². The summed E-state index contributed by atoms with van der Waals surface area (Å²) >= 11 is 0. The fourth-order valence-corrected chi connectivity index (χ4v) is 9.55. The average Bonchev–Trinajstić information content (AvgIpc) is 3.80. The zero-order chi connectivity index (χ0) is 40.7. The molecule has 1 aliphatic heterocycles. The first kappa shape index (κ1) is 42.1. The molecule has 2 aliphatic rings. The van der Waals surface area contributed by atoms with Crippen molar-refractivity contribution in [2.45, 2.75) is 104 Å². The molecule has 0 bridgehead atoms. The number of nitrogens with zero attached hydrogens (tertiary/aromatic N) is 5. The summed E-state index contributed by atoms with van der Waals surface area (Å²) in [5.74, 6) is -0.546. The van der Waals surface area contributed by atoms with Gasteiger partial charge in [-0.05, 0) is 45.2 Å². The molecule has 6 rings (SSSR count). The van der Waals surface area contributed by atoms with E-state index in [2.05, 4.69) is 144 Å². The quantitative estimate of drug-likeness (QED) is 0.0714. The topological polar surface area (TPSA) is 159 Å². The first-order valence-electron chi connectivity index (χ1n) is 19.8. The molecule has 0 saturated carbocycles. The standard InChI is InChI=1S/C43H55N8O5P/c1-29(2)39(52)47-41-46-38-37(40(53)48-41)45-28-50(38)36-26-34(35(56-36)27-55-57(54-25-17-24-44)51(30(3)4)31(5)6)49-43(32-18-11-8-12-19-32,33-20-13-9-14-21-33)42(7)22-15-10-16-23-42/h8-16,18-22,28-31,34-36,49H,17,23,25-27H2,1-7H3,(H2,46,47,48,52,53)/t34?,35-,36-,42?,57?/m1/s1. The average molecular weight is 795 g/mol. The van der Waals surface area contributed by atoms with Gasteiger partial charge in [0.05, 0.1) is 43.7 Å². The van der Waals surface area contributed by atoms with Crippen molar-refractivity contribution in [2.75, 3.05) is 18.5 Å². The second-order valence-electron chi connectivity index (χ2n) is 15.7. The number of carbonyl (C=O) groups excluding carboxylic acids is 1. The van der Waals surface area contributed by atoms with Gasteiger partial charge in [-0.2, -0.15) is 10.2 Å². The number of benzene rings is 2. The highest BCUT2D eigenvalue weighted by atomic mass is 31.2. The molecule has 1 fully saturated rings. The molecule has 2 aromatic heterocycles. The SMILES string of the molecule is CC(C)C(=O)Nc1nc2c(ncn2[C@H]2CC(NC(c3ccccc3)(c3ccccc3)C3(C)C=CC=CC3)[C@@H](COP(OCCC#N)N(C(C)C)C(C)C)O2)c(=O)[nH]1. The molecule has 1 aliphatic carbocycles. The number of amides is 1. The Kier molecular flexibility index (Phi) is 13.6. The normalized spacial score (nSPS) is 21.5. The molecule has 302 valence electrons. The number of aromatic nitrogens is 4. The molecule has 13 nitrogen and oxygen atoms in total. The fourth-order valence-electron chi connectivity index (χ4n) is 7.93. The molecule has 0 radical (unpaired) electrons. The van der Waals surface area contributed by atoms with Crippen molar-refractivity contribution in [3.63, 3.8) is 0 Å². The Bertz CT molecular complexity index is 2080. The number of nitriles is 1. The molecule has 14 heteroatoms. The smallest absolute Gasteiger partial charge is 0.280 e. The molecule has 57 heavy (non-hydrogen) atoms. The maximum atomic E-state index is 13.2. The number of aromatic amines is 1. The van der Waals surface area contributed by atoms with Gasteiger partial charge >= 0.3 is 0 Å². The highest BCUT2D eigenvalue weighted by molar-refractivity contribution is 7.44. The number of hydrogen-bond donors (Lipinski definition) is 3. The molecule has 1 saturated heterocycles. The zero-order valence-corrected chi connectivity index (χ0v) is 34.8.